The summed E-state index contributed by atoms with van der Waals surface area (Å²) in [5.41, 5.74) is 9.14. The fourth-order valence-electron chi connectivity index (χ4n) is 8.77. The predicted molar refractivity (Wildman–Crippen MR) is 279 cm³/mol. The van der Waals surface area contributed by atoms with Crippen LogP contribution in [0.1, 0.15) is 76.8 Å². The lowest BCUT2D eigenvalue weighted by Gasteiger charge is -2.41. The zero-order valence-corrected chi connectivity index (χ0v) is 44.8. The molecule has 4 aromatic rings. The van der Waals surface area contributed by atoms with E-state index in [4.69, 9.17) is 24.2 Å². The van der Waals surface area contributed by atoms with E-state index in [9.17, 15) is 22.8 Å². The molecule has 6 heterocycles. The summed E-state index contributed by atoms with van der Waals surface area (Å²) < 4.78 is 49.1. The fraction of sp³-hybridized carbons (Fsp3) is 0.568. The number of hydrogen-bond acceptors (Lipinski definition) is 12. The third kappa shape index (κ3) is 11.7. The van der Waals surface area contributed by atoms with Crippen molar-refractivity contribution in [3.8, 4) is 22.5 Å². The largest absolute Gasteiger partial charge is 0.464 e. The Morgan fingerprint density at radius 2 is 1.82 bits per heavy atom. The van der Waals surface area contributed by atoms with Crippen molar-refractivity contribution in [2.45, 2.75) is 104 Å². The van der Waals surface area contributed by atoms with Crippen LogP contribution in [0.25, 0.3) is 33.4 Å². The van der Waals surface area contributed by atoms with Crippen LogP contribution in [0.3, 0.4) is 0 Å². The molecular weight excluding hydrogens is 961 g/mol. The molecule has 2 saturated heterocycles. The highest BCUT2D eigenvalue weighted by Crippen LogP contribution is 2.42. The Labute approximate surface area is 421 Å². The number of likely N-dealkylation sites (N-methyl/N-ethyl adjacent to an activating group) is 1. The van der Waals surface area contributed by atoms with Gasteiger partial charge in [0.2, 0.25) is 5.91 Å². The Hall–Kier alpha value is -2.90. The molecule has 4 atom stereocenters. The van der Waals surface area contributed by atoms with Crippen molar-refractivity contribution in [2.75, 3.05) is 47.5 Å². The second kappa shape index (κ2) is 23.6. The van der Waals surface area contributed by atoms with Gasteiger partial charge in [-0.15, -0.1) is 11.3 Å². The number of methoxy groups -OCH3 is 2. The molecule has 0 unspecified atom stereocenters. The Kier molecular flexibility index (Phi) is 20.5. The Bertz CT molecular complexity index is 2430. The maximum absolute atomic E-state index is 14.5. The normalized spacial score (nSPS) is 20.1. The Morgan fingerprint density at radius 1 is 1.11 bits per heavy atom. The molecule has 0 saturated carbocycles. The van der Waals surface area contributed by atoms with Gasteiger partial charge >= 0.3 is 5.97 Å². The molecule has 3 aromatic heterocycles. The summed E-state index contributed by atoms with van der Waals surface area (Å²) >= 11 is 1.38. The average Bonchev–Trinajstić information content (AvgIpc) is 3.82. The molecular formula is C44H68N8O8S6. The first kappa shape index (κ1) is 57.4. The number of aromatic nitrogens is 3. The maximum Gasteiger partial charge on any atom is 0.324 e. The number of rotatable bonds is 11. The number of thiazole rings is 1. The van der Waals surface area contributed by atoms with E-state index in [2.05, 4.69) is 54.3 Å². The van der Waals surface area contributed by atoms with Gasteiger partial charge in [-0.1, -0.05) is 33.8 Å². The molecule has 2 amide bonds. The lowest BCUT2D eigenvalue weighted by molar-refractivity contribution is -0.155. The highest BCUT2D eigenvalue weighted by molar-refractivity contribution is 7.86. The van der Waals surface area contributed by atoms with Crippen LogP contribution in [-0.4, -0.2) is 126 Å². The minimum atomic E-state index is -4.02. The smallest absolute Gasteiger partial charge is 0.324 e. The molecule has 6 bridgehead atoms. The molecule has 1 aromatic carbocycles. The second-order valence-electron chi connectivity index (χ2n) is 17.7. The van der Waals surface area contributed by atoms with E-state index in [0.717, 1.165) is 49.0 Å². The third-order valence-electron chi connectivity index (χ3n) is 12.3. The number of esters is 1. The number of fused-ring (bicyclic) bond motifs is 6. The van der Waals surface area contributed by atoms with Gasteiger partial charge in [0.1, 0.15) is 18.1 Å². The number of aryl methyl sites for hydroxylation is 1. The van der Waals surface area contributed by atoms with Crippen LogP contribution in [0.5, 0.6) is 0 Å². The van der Waals surface area contributed by atoms with Crippen molar-refractivity contribution in [3.05, 3.63) is 58.2 Å². The monoisotopic (exact) mass is 1030 g/mol. The summed E-state index contributed by atoms with van der Waals surface area (Å²) in [7, 11) is 0.574. The van der Waals surface area contributed by atoms with E-state index in [1.54, 1.807) is 27.2 Å². The molecule has 16 nitrogen and oxygen atoms in total. The summed E-state index contributed by atoms with van der Waals surface area (Å²) in [5.74, 6) is -2.00. The molecule has 22 heteroatoms. The number of hydrazine groups is 1. The Morgan fingerprint density at radius 3 is 2.47 bits per heavy atom. The first-order chi connectivity index (χ1) is 29.5. The summed E-state index contributed by atoms with van der Waals surface area (Å²) in [6.07, 6.45) is 2.88. The summed E-state index contributed by atoms with van der Waals surface area (Å²) in [5, 5.41) is 7.89. The van der Waals surface area contributed by atoms with E-state index in [0.29, 0.717) is 37.4 Å². The predicted octanol–water partition coefficient (Wildman–Crippen LogP) is 5.19. The van der Waals surface area contributed by atoms with E-state index < -0.39 is 57.5 Å². The van der Waals surface area contributed by atoms with Gasteiger partial charge in [0.25, 0.3) is 16.1 Å². The molecule has 2 fully saturated rings. The molecule has 3 aliphatic heterocycles. The number of amides is 2. The third-order valence-corrected chi connectivity index (χ3v) is 15.1. The van der Waals surface area contributed by atoms with Crippen LogP contribution in [0.2, 0.25) is 0 Å². The van der Waals surface area contributed by atoms with Gasteiger partial charge in [-0.05, 0) is 68.9 Å². The van der Waals surface area contributed by atoms with Crippen LogP contribution >= 0.6 is 65.3 Å². The van der Waals surface area contributed by atoms with Crippen molar-refractivity contribution in [3.63, 3.8) is 0 Å². The second-order valence-corrected chi connectivity index (χ2v) is 20.6. The fourth-order valence-corrected chi connectivity index (χ4v) is 11.3. The van der Waals surface area contributed by atoms with Gasteiger partial charge in [-0.3, -0.25) is 24.4 Å². The van der Waals surface area contributed by atoms with Crippen molar-refractivity contribution in [2.24, 2.45) is 11.3 Å². The quantitative estimate of drug-likeness (QED) is 0.189. The number of pyridine rings is 1. The van der Waals surface area contributed by atoms with Crippen LogP contribution in [0, 0.1) is 11.3 Å². The van der Waals surface area contributed by atoms with Gasteiger partial charge in [0.05, 0.1) is 40.9 Å². The first-order valence-corrected chi connectivity index (χ1v) is 23.6. The standard InChI is InChI=1S/C44H60N8O8S2.4H2S/c1-10-51-36-16-15-28-19-31(36)32(40(51)30-13-11-17-45-38(30)27(4)58-8)21-44(5,6)25-60-43(55)33-14-12-18-52(48-33)42(54)34(20-37-46-35(28)24-61-37)47-41(53)39(26(2)3)49(7)62(56,57)50-22-29(23-50)59-9;;;;/h11,13,15-17,19,24,26-27,29,33-34,39,48H,10,12,14,18,20-23,25H2,1-9H3,(H,47,53);4*1H2/t27-,33-,34-,39-;;;;/m0..../s1. The van der Waals surface area contributed by atoms with Crippen LogP contribution in [0.15, 0.2) is 41.9 Å². The maximum atomic E-state index is 14.5. The molecule has 2 N–H and O–H groups in total. The summed E-state index contributed by atoms with van der Waals surface area (Å²) in [6.45, 7) is 13.3. The number of carbonyl (C=O) groups excluding carboxylic acids is 3. The summed E-state index contributed by atoms with van der Waals surface area (Å²) in [6, 6.07) is 7.27. The molecule has 0 spiro atoms. The first-order valence-electron chi connectivity index (χ1n) is 21.4. The van der Waals surface area contributed by atoms with E-state index >= 15 is 0 Å². The topological polar surface area (TPSA) is 178 Å². The number of hydrogen-bond donors (Lipinski definition) is 2. The number of ether oxygens (including phenoxy) is 3. The number of nitrogens with one attached hydrogen (secondary N) is 2. The number of cyclic esters (lactones) is 1. The van der Waals surface area contributed by atoms with Gasteiger partial charge in [-0.2, -0.15) is 71.0 Å². The van der Waals surface area contributed by atoms with Gasteiger partial charge in [-0.25, -0.2) is 10.4 Å². The average molecular weight is 1030 g/mol. The van der Waals surface area contributed by atoms with E-state index in [-0.39, 0.29) is 92.3 Å². The SMILES string of the molecule is CCn1c(-c2cccnc2[C@H](C)OC)c2c3cc(ccc31)-c1csc(n1)C[C@H](NC(=O)[C@H](C(C)C)N(C)S(=O)(=O)N1CC(OC)C1)C(=O)N1CCC[C@H](N1)C(=O)OCC(C)(C)C2.S.S.S.S. The molecule has 3 aliphatic rings. The van der Waals surface area contributed by atoms with Crippen molar-refractivity contribution < 1.29 is 37.0 Å². The van der Waals surface area contributed by atoms with Crippen molar-refractivity contribution >= 4 is 104 Å². The van der Waals surface area contributed by atoms with Crippen molar-refractivity contribution in [1.82, 2.24) is 38.9 Å². The zero-order valence-electron chi connectivity index (χ0n) is 39.1. The minimum Gasteiger partial charge on any atom is -0.464 e. The van der Waals surface area contributed by atoms with E-state index in [1.165, 1.54) is 34.8 Å². The van der Waals surface area contributed by atoms with Crippen LogP contribution < -0.4 is 10.7 Å². The van der Waals surface area contributed by atoms with Gasteiger partial charge in [0.15, 0.2) is 0 Å². The molecule has 66 heavy (non-hydrogen) atoms. The minimum absolute atomic E-state index is 0. The lowest BCUT2D eigenvalue weighted by Crippen LogP contribution is -2.64. The van der Waals surface area contributed by atoms with Gasteiger partial charge < -0.3 is 24.1 Å². The molecule has 0 radical (unpaired) electrons. The van der Waals surface area contributed by atoms with Crippen molar-refractivity contribution in [1.29, 1.82) is 0 Å². The van der Waals surface area contributed by atoms with E-state index in [1.807, 2.05) is 24.4 Å². The van der Waals surface area contributed by atoms with Gasteiger partial charge in [0, 0.05) is 92.9 Å². The summed E-state index contributed by atoms with van der Waals surface area (Å²) in [4.78, 5) is 52.5. The molecule has 368 valence electrons. The highest BCUT2D eigenvalue weighted by Gasteiger charge is 2.44. The Balaban J connectivity index is 0.00000289. The number of benzene rings is 1. The van der Waals surface area contributed by atoms with Crippen LogP contribution in [-0.2, 0) is 58.2 Å². The number of carbonyl (C=O) groups is 3. The highest BCUT2D eigenvalue weighted by atomic mass is 32.2. The lowest BCUT2D eigenvalue weighted by atomic mass is 9.84. The zero-order chi connectivity index (χ0) is 44.7. The molecule has 0 aliphatic carbocycles. The molecule has 7 rings (SSSR count). The van der Waals surface area contributed by atoms with Crippen LogP contribution in [0.4, 0.5) is 0 Å². The number of nitrogens with zero attached hydrogens (tertiary/aromatic N) is 6.